The molecule has 28 heavy (non-hydrogen) atoms. The monoisotopic (exact) mass is 392 g/mol. The van der Waals surface area contributed by atoms with Crippen molar-refractivity contribution in [3.8, 4) is 0 Å². The van der Waals surface area contributed by atoms with Crippen LogP contribution in [0.15, 0.2) is 11.1 Å². The molecule has 1 saturated carbocycles. The summed E-state index contributed by atoms with van der Waals surface area (Å²) < 4.78 is 0. The van der Waals surface area contributed by atoms with E-state index in [-0.39, 0.29) is 11.7 Å². The SMILES string of the molecule is CC1=C(CC[C@]2(C)CC[C@@H]([C@H](C)C(=O)O)OO2)[C@@]2(C)CCCC(C)(C)[C@@H]2CC1. The summed E-state index contributed by atoms with van der Waals surface area (Å²) in [4.78, 5) is 22.6. The van der Waals surface area contributed by atoms with Crippen molar-refractivity contribution in [3.05, 3.63) is 11.1 Å². The number of fused-ring (bicyclic) bond motifs is 1. The van der Waals surface area contributed by atoms with E-state index in [1.54, 1.807) is 18.1 Å². The van der Waals surface area contributed by atoms with E-state index in [0.717, 1.165) is 31.6 Å². The summed E-state index contributed by atoms with van der Waals surface area (Å²) in [6.45, 7) is 13.6. The molecule has 5 atom stereocenters. The van der Waals surface area contributed by atoms with Crippen LogP contribution in [0, 0.1) is 22.7 Å². The first-order valence-corrected chi connectivity index (χ1v) is 11.2. The maximum absolute atomic E-state index is 11.2. The molecule has 1 saturated heterocycles. The van der Waals surface area contributed by atoms with Gasteiger partial charge >= 0.3 is 5.97 Å². The standard InChI is InChI=1S/C24H40O4/c1-16-8-9-20-22(3,4)12-7-13-24(20,6)18(16)10-14-23(5)15-11-19(27-28-23)17(2)21(25)26/h17,19-20H,7-15H2,1-6H3,(H,25,26)/t17-,19-,20-,23+,24+/m0/s1. The summed E-state index contributed by atoms with van der Waals surface area (Å²) in [6, 6.07) is 0. The zero-order chi connectivity index (χ0) is 20.7. The quantitative estimate of drug-likeness (QED) is 0.440. The van der Waals surface area contributed by atoms with Crippen LogP contribution < -0.4 is 0 Å². The average molecular weight is 393 g/mol. The number of hydrogen-bond donors (Lipinski definition) is 1. The van der Waals surface area contributed by atoms with E-state index in [9.17, 15) is 9.90 Å². The van der Waals surface area contributed by atoms with E-state index in [2.05, 4.69) is 34.6 Å². The van der Waals surface area contributed by atoms with Crippen molar-refractivity contribution in [2.75, 3.05) is 0 Å². The van der Waals surface area contributed by atoms with E-state index in [1.165, 1.54) is 32.1 Å². The first-order chi connectivity index (χ1) is 13.0. The predicted octanol–water partition coefficient (Wildman–Crippen LogP) is 6.30. The van der Waals surface area contributed by atoms with Gasteiger partial charge in [-0.25, -0.2) is 9.78 Å². The Morgan fingerprint density at radius 3 is 2.50 bits per heavy atom. The first-order valence-electron chi connectivity index (χ1n) is 11.2. The minimum Gasteiger partial charge on any atom is -0.481 e. The van der Waals surface area contributed by atoms with Gasteiger partial charge in [0.25, 0.3) is 0 Å². The van der Waals surface area contributed by atoms with Gasteiger partial charge in [0, 0.05) is 0 Å². The Morgan fingerprint density at radius 1 is 1.18 bits per heavy atom. The molecule has 3 aliphatic rings. The lowest BCUT2D eigenvalue weighted by atomic mass is 9.50. The Bertz CT molecular complexity index is 627. The second-order valence-electron chi connectivity index (χ2n) is 10.9. The van der Waals surface area contributed by atoms with Crippen LogP contribution in [0.3, 0.4) is 0 Å². The van der Waals surface area contributed by atoms with Gasteiger partial charge in [-0.2, -0.15) is 0 Å². The normalized spacial score (nSPS) is 39.4. The van der Waals surface area contributed by atoms with Gasteiger partial charge in [-0.15, -0.1) is 0 Å². The third kappa shape index (κ3) is 4.05. The fourth-order valence-electron chi connectivity index (χ4n) is 6.45. The van der Waals surface area contributed by atoms with Gasteiger partial charge in [-0.3, -0.25) is 4.79 Å². The van der Waals surface area contributed by atoms with Crippen molar-refractivity contribution in [2.24, 2.45) is 22.7 Å². The zero-order valence-electron chi connectivity index (χ0n) is 18.8. The molecule has 0 radical (unpaired) electrons. The maximum Gasteiger partial charge on any atom is 0.308 e. The molecule has 3 rings (SSSR count). The molecule has 0 amide bonds. The van der Waals surface area contributed by atoms with E-state index < -0.39 is 11.9 Å². The highest BCUT2D eigenvalue weighted by Crippen LogP contribution is 2.60. The first kappa shape index (κ1) is 21.8. The number of rotatable bonds is 5. The van der Waals surface area contributed by atoms with Gasteiger partial charge in [-0.1, -0.05) is 38.3 Å². The number of carboxylic acid groups (broad SMARTS) is 1. The highest BCUT2D eigenvalue weighted by molar-refractivity contribution is 5.70. The van der Waals surface area contributed by atoms with Crippen molar-refractivity contribution >= 4 is 5.97 Å². The van der Waals surface area contributed by atoms with Crippen molar-refractivity contribution < 1.29 is 19.7 Å². The summed E-state index contributed by atoms with van der Waals surface area (Å²) in [5.41, 5.74) is 3.68. The van der Waals surface area contributed by atoms with Crippen molar-refractivity contribution in [3.63, 3.8) is 0 Å². The van der Waals surface area contributed by atoms with E-state index in [0.29, 0.717) is 10.8 Å². The smallest absolute Gasteiger partial charge is 0.308 e. The van der Waals surface area contributed by atoms with Crippen molar-refractivity contribution in [1.29, 1.82) is 0 Å². The van der Waals surface area contributed by atoms with Crippen molar-refractivity contribution in [2.45, 2.75) is 111 Å². The van der Waals surface area contributed by atoms with Gasteiger partial charge in [0.2, 0.25) is 0 Å². The number of carbonyl (C=O) groups is 1. The van der Waals surface area contributed by atoms with Gasteiger partial charge in [0.05, 0.1) is 5.92 Å². The molecular formula is C24H40O4. The predicted molar refractivity (Wildman–Crippen MR) is 111 cm³/mol. The van der Waals surface area contributed by atoms with Crippen molar-refractivity contribution in [1.82, 2.24) is 0 Å². The Labute approximate surface area is 171 Å². The summed E-state index contributed by atoms with van der Waals surface area (Å²) in [7, 11) is 0. The van der Waals surface area contributed by atoms with Gasteiger partial charge in [0.1, 0.15) is 11.7 Å². The third-order valence-electron chi connectivity index (χ3n) is 8.42. The second kappa shape index (κ2) is 7.75. The zero-order valence-corrected chi connectivity index (χ0v) is 18.8. The van der Waals surface area contributed by atoms with Crippen LogP contribution in [0.25, 0.3) is 0 Å². The molecule has 4 nitrogen and oxygen atoms in total. The summed E-state index contributed by atoms with van der Waals surface area (Å²) in [6.07, 6.45) is 9.78. The lowest BCUT2D eigenvalue weighted by molar-refractivity contribution is -0.411. The molecule has 0 aromatic heterocycles. The van der Waals surface area contributed by atoms with E-state index in [1.807, 2.05) is 0 Å². The average Bonchev–Trinajstić information content (AvgIpc) is 2.60. The molecule has 1 N–H and O–H groups in total. The molecule has 0 bridgehead atoms. The lowest BCUT2D eigenvalue weighted by Gasteiger charge is -2.55. The largest absolute Gasteiger partial charge is 0.481 e. The Kier molecular flexibility index (Phi) is 6.05. The molecule has 0 aromatic carbocycles. The lowest BCUT2D eigenvalue weighted by Crippen LogP contribution is -2.46. The third-order valence-corrected chi connectivity index (χ3v) is 8.42. The van der Waals surface area contributed by atoms with Crippen LogP contribution in [-0.4, -0.2) is 22.8 Å². The number of allylic oxidation sites excluding steroid dienone is 2. The van der Waals surface area contributed by atoms with Crippen LogP contribution in [0.4, 0.5) is 0 Å². The molecule has 160 valence electrons. The molecular weight excluding hydrogens is 352 g/mol. The van der Waals surface area contributed by atoms with Crippen LogP contribution >= 0.6 is 0 Å². The molecule has 0 unspecified atom stereocenters. The van der Waals surface area contributed by atoms with E-state index in [4.69, 9.17) is 9.78 Å². The highest BCUT2D eigenvalue weighted by atomic mass is 17.2. The van der Waals surface area contributed by atoms with Crippen LogP contribution in [-0.2, 0) is 14.6 Å². The summed E-state index contributed by atoms with van der Waals surface area (Å²) in [5.74, 6) is -0.583. The Morgan fingerprint density at radius 2 is 1.89 bits per heavy atom. The molecule has 2 fully saturated rings. The topological polar surface area (TPSA) is 55.8 Å². The van der Waals surface area contributed by atoms with Crippen LogP contribution in [0.2, 0.25) is 0 Å². The maximum atomic E-state index is 11.2. The highest BCUT2D eigenvalue weighted by Gasteiger charge is 2.50. The number of aliphatic carboxylic acids is 1. The molecule has 2 aliphatic carbocycles. The Hall–Kier alpha value is -0.870. The molecule has 1 heterocycles. The fraction of sp³-hybridized carbons (Fsp3) is 0.875. The number of carboxylic acids is 1. The number of hydrogen-bond acceptors (Lipinski definition) is 3. The second-order valence-corrected chi connectivity index (χ2v) is 10.9. The summed E-state index contributed by atoms with van der Waals surface area (Å²) in [5, 5.41) is 9.21. The molecule has 1 aliphatic heterocycles. The van der Waals surface area contributed by atoms with E-state index >= 15 is 0 Å². The molecule has 4 heteroatoms. The van der Waals surface area contributed by atoms with Gasteiger partial charge in [0.15, 0.2) is 0 Å². The molecule has 0 aromatic rings. The van der Waals surface area contributed by atoms with Gasteiger partial charge in [-0.05, 0) is 88.9 Å². The fourth-order valence-corrected chi connectivity index (χ4v) is 6.45. The Balaban J connectivity index is 1.67. The minimum absolute atomic E-state index is 0.316. The van der Waals surface area contributed by atoms with Gasteiger partial charge < -0.3 is 5.11 Å². The van der Waals surface area contributed by atoms with Crippen LogP contribution in [0.1, 0.15) is 99.3 Å². The minimum atomic E-state index is -0.820. The summed E-state index contributed by atoms with van der Waals surface area (Å²) >= 11 is 0. The molecule has 0 spiro atoms. The van der Waals surface area contributed by atoms with Crippen LogP contribution in [0.5, 0.6) is 0 Å².